The van der Waals surface area contributed by atoms with Gasteiger partial charge in [0.15, 0.2) is 0 Å². The fourth-order valence-electron chi connectivity index (χ4n) is 3.69. The average molecular weight is 444 g/mol. The van der Waals surface area contributed by atoms with E-state index in [1.807, 2.05) is 13.0 Å². The first kappa shape index (κ1) is 25.3. The summed E-state index contributed by atoms with van der Waals surface area (Å²) in [6.07, 6.45) is 3.60. The highest BCUT2D eigenvalue weighted by Gasteiger charge is 2.41. The summed E-state index contributed by atoms with van der Waals surface area (Å²) in [7, 11) is 0. The number of aliphatic hydroxyl groups excluding tert-OH is 1. The number of allylic oxidation sites excluding steroid dienone is 1. The van der Waals surface area contributed by atoms with Crippen LogP contribution in [0.25, 0.3) is 0 Å². The Balaban J connectivity index is 2.24. The van der Waals surface area contributed by atoms with E-state index in [9.17, 15) is 15.0 Å². The SMILES string of the molecule is C=CCc1ccc(OCC(O)C(N)C(O)(CCC)c2cnc(C)nc2C)c(NC(N)=O)c1. The van der Waals surface area contributed by atoms with Crippen LogP contribution in [0.5, 0.6) is 5.75 Å². The van der Waals surface area contributed by atoms with Gasteiger partial charge in [0, 0.05) is 17.5 Å². The van der Waals surface area contributed by atoms with E-state index in [1.165, 1.54) is 0 Å². The zero-order valence-electron chi connectivity index (χ0n) is 18.8. The highest BCUT2D eigenvalue weighted by Crippen LogP contribution is 2.33. The molecular formula is C23H33N5O4. The van der Waals surface area contributed by atoms with Gasteiger partial charge in [0.1, 0.15) is 29.9 Å². The maximum atomic E-state index is 11.5. The lowest BCUT2D eigenvalue weighted by atomic mass is 9.80. The van der Waals surface area contributed by atoms with Crippen LogP contribution in [-0.4, -0.2) is 45.0 Å². The van der Waals surface area contributed by atoms with Gasteiger partial charge in [-0.25, -0.2) is 14.8 Å². The zero-order valence-corrected chi connectivity index (χ0v) is 18.8. The van der Waals surface area contributed by atoms with E-state index in [1.54, 1.807) is 38.3 Å². The molecule has 32 heavy (non-hydrogen) atoms. The molecule has 0 saturated carbocycles. The van der Waals surface area contributed by atoms with Crippen molar-refractivity contribution in [1.82, 2.24) is 9.97 Å². The second-order valence-corrected chi connectivity index (χ2v) is 7.81. The van der Waals surface area contributed by atoms with Crippen LogP contribution in [0.1, 0.15) is 42.4 Å². The molecule has 0 saturated heterocycles. The van der Waals surface area contributed by atoms with Crippen molar-refractivity contribution in [3.8, 4) is 5.75 Å². The standard InChI is InChI=1S/C23H33N5O4/c1-5-7-16-8-9-20(18(11-16)28-22(25)30)32-13-19(29)21(24)23(31,10-6-2)17-12-26-15(4)27-14(17)3/h5,8-9,11-12,19,21,29,31H,1,6-7,10,13,24H2,2-4H3,(H3,25,28,30). The lowest BCUT2D eigenvalue weighted by Crippen LogP contribution is -2.54. The molecule has 9 heteroatoms. The minimum atomic E-state index is -1.54. The van der Waals surface area contributed by atoms with E-state index < -0.39 is 23.8 Å². The molecule has 2 rings (SSSR count). The van der Waals surface area contributed by atoms with Crippen LogP contribution in [0.4, 0.5) is 10.5 Å². The predicted octanol–water partition coefficient (Wildman–Crippen LogP) is 2.07. The Morgan fingerprint density at radius 3 is 2.72 bits per heavy atom. The Morgan fingerprint density at radius 1 is 1.41 bits per heavy atom. The van der Waals surface area contributed by atoms with E-state index >= 15 is 0 Å². The van der Waals surface area contributed by atoms with Gasteiger partial charge in [-0.2, -0.15) is 0 Å². The molecule has 3 unspecified atom stereocenters. The number of anilines is 1. The van der Waals surface area contributed by atoms with Crippen molar-refractivity contribution < 1.29 is 19.7 Å². The molecule has 0 fully saturated rings. The van der Waals surface area contributed by atoms with Gasteiger partial charge in [-0.1, -0.05) is 25.5 Å². The number of hydrogen-bond donors (Lipinski definition) is 5. The quantitative estimate of drug-likeness (QED) is 0.333. The number of aliphatic hydroxyl groups is 2. The molecule has 0 radical (unpaired) electrons. The van der Waals surface area contributed by atoms with Crippen LogP contribution in [-0.2, 0) is 12.0 Å². The number of ether oxygens (including phenoxy) is 1. The Morgan fingerprint density at radius 2 is 2.12 bits per heavy atom. The van der Waals surface area contributed by atoms with Crippen LogP contribution in [0.15, 0.2) is 37.1 Å². The van der Waals surface area contributed by atoms with Crippen molar-refractivity contribution in [3.63, 3.8) is 0 Å². The lowest BCUT2D eigenvalue weighted by molar-refractivity contribution is -0.0551. The third-order valence-electron chi connectivity index (χ3n) is 5.25. The first-order chi connectivity index (χ1) is 15.1. The van der Waals surface area contributed by atoms with Crippen molar-refractivity contribution in [3.05, 3.63) is 59.7 Å². The summed E-state index contributed by atoms with van der Waals surface area (Å²) in [4.78, 5) is 19.9. The van der Waals surface area contributed by atoms with Crippen molar-refractivity contribution >= 4 is 11.7 Å². The summed E-state index contributed by atoms with van der Waals surface area (Å²) in [5, 5.41) is 24.8. The molecule has 7 N–H and O–H groups in total. The molecular weight excluding hydrogens is 410 g/mol. The van der Waals surface area contributed by atoms with Gasteiger partial charge in [-0.05, 0) is 44.4 Å². The molecule has 9 nitrogen and oxygen atoms in total. The Hall–Kier alpha value is -3.01. The fourth-order valence-corrected chi connectivity index (χ4v) is 3.69. The molecule has 0 bridgehead atoms. The van der Waals surface area contributed by atoms with Crippen molar-refractivity contribution in [2.75, 3.05) is 11.9 Å². The van der Waals surface area contributed by atoms with E-state index in [-0.39, 0.29) is 6.61 Å². The van der Waals surface area contributed by atoms with Gasteiger partial charge in [-0.15, -0.1) is 6.58 Å². The van der Waals surface area contributed by atoms with Crippen LogP contribution >= 0.6 is 0 Å². The number of benzene rings is 1. The third-order valence-corrected chi connectivity index (χ3v) is 5.25. The molecule has 1 aromatic heterocycles. The molecule has 0 spiro atoms. The molecule has 1 aromatic carbocycles. The minimum absolute atomic E-state index is 0.215. The molecule has 0 aliphatic carbocycles. The van der Waals surface area contributed by atoms with Crippen molar-refractivity contribution in [2.24, 2.45) is 11.5 Å². The average Bonchev–Trinajstić information content (AvgIpc) is 2.72. The Kier molecular flexibility index (Phi) is 8.71. The minimum Gasteiger partial charge on any atom is -0.489 e. The van der Waals surface area contributed by atoms with Gasteiger partial charge >= 0.3 is 6.03 Å². The molecule has 0 aliphatic heterocycles. The summed E-state index contributed by atoms with van der Waals surface area (Å²) in [5.41, 5.74) is 12.4. The largest absolute Gasteiger partial charge is 0.489 e. The number of aromatic nitrogens is 2. The number of amides is 2. The molecule has 2 aromatic rings. The summed E-state index contributed by atoms with van der Waals surface area (Å²) in [6, 6.07) is 3.39. The van der Waals surface area contributed by atoms with Crippen molar-refractivity contribution in [1.29, 1.82) is 0 Å². The number of hydrogen-bond acceptors (Lipinski definition) is 7. The topological polar surface area (TPSA) is 157 Å². The second kappa shape index (κ2) is 11.0. The van der Waals surface area contributed by atoms with Crippen LogP contribution in [0.3, 0.4) is 0 Å². The normalized spacial score (nSPS) is 14.8. The maximum Gasteiger partial charge on any atom is 0.316 e. The number of rotatable bonds is 11. The molecule has 2 amide bonds. The number of carbonyl (C=O) groups is 1. The number of carbonyl (C=O) groups excluding carboxylic acids is 1. The Labute approximate surface area is 188 Å². The summed E-state index contributed by atoms with van der Waals surface area (Å²) < 4.78 is 5.74. The van der Waals surface area contributed by atoms with Gasteiger partial charge in [0.25, 0.3) is 0 Å². The fraction of sp³-hybridized carbons (Fsp3) is 0.435. The van der Waals surface area contributed by atoms with Gasteiger partial charge in [0.2, 0.25) is 0 Å². The van der Waals surface area contributed by atoms with E-state index in [2.05, 4.69) is 21.9 Å². The van der Waals surface area contributed by atoms with E-state index in [0.29, 0.717) is 47.8 Å². The van der Waals surface area contributed by atoms with Crippen LogP contribution in [0, 0.1) is 13.8 Å². The van der Waals surface area contributed by atoms with Gasteiger partial charge < -0.3 is 31.7 Å². The molecule has 3 atom stereocenters. The Bertz CT molecular complexity index is 952. The first-order valence-corrected chi connectivity index (χ1v) is 10.5. The molecule has 1 heterocycles. The number of primary amides is 1. The number of urea groups is 1. The zero-order chi connectivity index (χ0) is 23.9. The second-order valence-electron chi connectivity index (χ2n) is 7.81. The summed E-state index contributed by atoms with van der Waals surface area (Å²) in [5.74, 6) is 0.897. The van der Waals surface area contributed by atoms with Crippen LogP contribution in [0.2, 0.25) is 0 Å². The summed E-state index contributed by atoms with van der Waals surface area (Å²) >= 11 is 0. The number of nitrogens with two attached hydrogens (primary N) is 2. The number of nitrogens with one attached hydrogen (secondary N) is 1. The number of aryl methyl sites for hydroxylation is 2. The molecule has 174 valence electrons. The van der Waals surface area contributed by atoms with Crippen LogP contribution < -0.4 is 21.5 Å². The number of nitrogens with zero attached hydrogens (tertiary/aromatic N) is 2. The summed E-state index contributed by atoms with van der Waals surface area (Å²) in [6.45, 7) is 8.93. The predicted molar refractivity (Wildman–Crippen MR) is 123 cm³/mol. The van der Waals surface area contributed by atoms with E-state index in [0.717, 1.165) is 5.56 Å². The maximum absolute atomic E-state index is 11.5. The highest BCUT2D eigenvalue weighted by atomic mass is 16.5. The highest BCUT2D eigenvalue weighted by molar-refractivity contribution is 5.89. The monoisotopic (exact) mass is 443 g/mol. The van der Waals surface area contributed by atoms with Gasteiger partial charge in [0.05, 0.1) is 11.7 Å². The first-order valence-electron chi connectivity index (χ1n) is 10.5. The third kappa shape index (κ3) is 6.03. The van der Waals surface area contributed by atoms with E-state index in [4.69, 9.17) is 16.2 Å². The molecule has 0 aliphatic rings. The smallest absolute Gasteiger partial charge is 0.316 e. The van der Waals surface area contributed by atoms with Gasteiger partial charge in [-0.3, -0.25) is 0 Å². The van der Waals surface area contributed by atoms with Crippen molar-refractivity contribution in [2.45, 2.75) is 57.8 Å². The lowest BCUT2D eigenvalue weighted by Gasteiger charge is -2.37.